The largest absolute Gasteiger partial charge is 0.416 e. The fraction of sp³-hybridized carbons (Fsp3) is 0.200. The molecule has 0 unspecified atom stereocenters. The summed E-state index contributed by atoms with van der Waals surface area (Å²) in [5.41, 5.74) is 0.211. The summed E-state index contributed by atoms with van der Waals surface area (Å²) < 4.78 is 39.6. The Labute approximate surface area is 117 Å². The van der Waals surface area contributed by atoms with Crippen LogP contribution in [0.25, 0.3) is 5.69 Å². The maximum Gasteiger partial charge on any atom is 0.416 e. The summed E-state index contributed by atoms with van der Waals surface area (Å²) in [7, 11) is 0. The van der Waals surface area contributed by atoms with E-state index in [1.807, 2.05) is 0 Å². The lowest BCUT2D eigenvalue weighted by Crippen LogP contribution is -2.06. The molecule has 0 saturated carbocycles. The zero-order chi connectivity index (χ0) is 13.3. The molecule has 8 heteroatoms. The molecule has 0 saturated heterocycles. The van der Waals surface area contributed by atoms with Crippen molar-refractivity contribution < 1.29 is 13.2 Å². The van der Waals surface area contributed by atoms with Crippen molar-refractivity contribution in [3.05, 3.63) is 40.1 Å². The molecular weight excluding hydrogens is 379 g/mol. The van der Waals surface area contributed by atoms with Gasteiger partial charge in [-0.25, -0.2) is 4.68 Å². The molecule has 0 spiro atoms. The molecule has 18 heavy (non-hydrogen) atoms. The molecule has 0 amide bonds. The van der Waals surface area contributed by atoms with Gasteiger partial charge in [0.25, 0.3) is 0 Å². The van der Waals surface area contributed by atoms with Crippen LogP contribution in [0, 0.1) is 0 Å². The van der Waals surface area contributed by atoms with Crippen LogP contribution in [0.15, 0.2) is 28.9 Å². The van der Waals surface area contributed by atoms with Gasteiger partial charge < -0.3 is 0 Å². The van der Waals surface area contributed by atoms with Gasteiger partial charge in [0.15, 0.2) is 0 Å². The first-order valence-electron chi connectivity index (χ1n) is 4.75. The molecule has 0 radical (unpaired) electrons. The van der Waals surface area contributed by atoms with Crippen LogP contribution in [0.1, 0.15) is 11.3 Å². The lowest BCUT2D eigenvalue weighted by atomic mass is 10.2. The monoisotopic (exact) mass is 383 g/mol. The molecule has 1 aromatic heterocycles. The van der Waals surface area contributed by atoms with Crippen molar-refractivity contribution in [3.63, 3.8) is 0 Å². The summed E-state index contributed by atoms with van der Waals surface area (Å²) in [6.45, 7) is 0. The number of halogens is 5. The second kappa shape index (κ2) is 5.00. The van der Waals surface area contributed by atoms with E-state index in [1.165, 1.54) is 4.68 Å². The third-order valence-electron chi connectivity index (χ3n) is 2.15. The van der Waals surface area contributed by atoms with Crippen LogP contribution in [0.4, 0.5) is 13.2 Å². The van der Waals surface area contributed by atoms with Gasteiger partial charge in [0.05, 0.1) is 23.1 Å². The number of hydrogen-bond donors (Lipinski definition) is 0. The highest BCUT2D eigenvalue weighted by atomic mass is 79.9. The summed E-state index contributed by atoms with van der Waals surface area (Å²) in [5.74, 6) is 0. The van der Waals surface area contributed by atoms with Gasteiger partial charge in [0.1, 0.15) is 0 Å². The lowest BCUT2D eigenvalue weighted by molar-refractivity contribution is -0.137. The van der Waals surface area contributed by atoms with E-state index in [1.54, 1.807) is 12.3 Å². The standard InChI is InChI=1S/C10H6Br2F3N3/c11-4-8-5-18(17-16-8)9-2-6(10(13,14)15)1-7(12)3-9/h1-3,5H,4H2. The SMILES string of the molecule is FC(F)(F)c1cc(Br)cc(-n2cc(CBr)nn2)c1. The zero-order valence-electron chi connectivity index (χ0n) is 8.75. The van der Waals surface area contributed by atoms with Crippen molar-refractivity contribution in [2.45, 2.75) is 11.5 Å². The molecule has 0 aliphatic carbocycles. The van der Waals surface area contributed by atoms with Gasteiger partial charge in [0.2, 0.25) is 0 Å². The average Bonchev–Trinajstić information content (AvgIpc) is 2.75. The second-order valence-corrected chi connectivity index (χ2v) is 4.96. The first kappa shape index (κ1) is 13.5. The van der Waals surface area contributed by atoms with Gasteiger partial charge in [-0.3, -0.25) is 0 Å². The minimum atomic E-state index is -4.39. The van der Waals surface area contributed by atoms with Crippen LogP contribution in [0.2, 0.25) is 0 Å². The summed E-state index contributed by atoms with van der Waals surface area (Å²) in [6, 6.07) is 3.59. The molecule has 1 aromatic carbocycles. The van der Waals surface area contributed by atoms with E-state index in [2.05, 4.69) is 42.2 Å². The Balaban J connectivity index is 2.48. The molecule has 0 N–H and O–H groups in total. The normalized spacial score (nSPS) is 11.8. The third-order valence-corrected chi connectivity index (χ3v) is 3.18. The molecule has 0 fully saturated rings. The Morgan fingerprint density at radius 1 is 1.22 bits per heavy atom. The second-order valence-electron chi connectivity index (χ2n) is 3.48. The highest BCUT2D eigenvalue weighted by Gasteiger charge is 2.31. The smallest absolute Gasteiger partial charge is 0.220 e. The lowest BCUT2D eigenvalue weighted by Gasteiger charge is -2.09. The number of nitrogens with zero attached hydrogens (tertiary/aromatic N) is 3. The number of rotatable bonds is 2. The maximum atomic E-state index is 12.7. The predicted octanol–water partition coefficient (Wildman–Crippen LogP) is 3.94. The van der Waals surface area contributed by atoms with Crippen LogP contribution in [0.3, 0.4) is 0 Å². The minimum Gasteiger partial charge on any atom is -0.220 e. The Morgan fingerprint density at radius 2 is 1.94 bits per heavy atom. The van der Waals surface area contributed by atoms with Crippen LogP contribution >= 0.6 is 31.9 Å². The fourth-order valence-electron chi connectivity index (χ4n) is 1.36. The average molecular weight is 385 g/mol. The van der Waals surface area contributed by atoms with Gasteiger partial charge in [-0.1, -0.05) is 37.1 Å². The van der Waals surface area contributed by atoms with Crippen molar-refractivity contribution in [3.8, 4) is 5.69 Å². The Hall–Kier alpha value is -0.890. The number of benzene rings is 1. The number of alkyl halides is 4. The molecule has 0 atom stereocenters. The van der Waals surface area contributed by atoms with E-state index in [9.17, 15) is 13.2 Å². The van der Waals surface area contributed by atoms with Crippen LogP contribution < -0.4 is 0 Å². The summed E-state index contributed by atoms with van der Waals surface area (Å²) in [6.07, 6.45) is -2.83. The molecule has 0 aliphatic rings. The molecule has 0 aliphatic heterocycles. The van der Waals surface area contributed by atoms with Crippen molar-refractivity contribution in [1.82, 2.24) is 15.0 Å². The van der Waals surface area contributed by atoms with E-state index in [0.717, 1.165) is 12.1 Å². The number of hydrogen-bond acceptors (Lipinski definition) is 2. The van der Waals surface area contributed by atoms with E-state index < -0.39 is 11.7 Å². The number of aromatic nitrogens is 3. The summed E-state index contributed by atoms with van der Waals surface area (Å²) in [5, 5.41) is 8.07. The molecule has 2 aromatic rings. The van der Waals surface area contributed by atoms with Gasteiger partial charge in [0, 0.05) is 9.80 Å². The van der Waals surface area contributed by atoms with E-state index in [-0.39, 0.29) is 0 Å². The van der Waals surface area contributed by atoms with E-state index in [0.29, 0.717) is 21.2 Å². The minimum absolute atomic E-state index is 0.302. The Bertz CT molecular complexity index is 566. The summed E-state index contributed by atoms with van der Waals surface area (Å²) >= 11 is 6.25. The van der Waals surface area contributed by atoms with Gasteiger partial charge in [-0.05, 0) is 18.2 Å². The van der Waals surface area contributed by atoms with Crippen LogP contribution in [-0.4, -0.2) is 15.0 Å². The predicted molar refractivity (Wildman–Crippen MR) is 66.7 cm³/mol. The zero-order valence-corrected chi connectivity index (χ0v) is 11.9. The molecule has 2 rings (SSSR count). The quantitative estimate of drug-likeness (QED) is 0.734. The van der Waals surface area contributed by atoms with Crippen molar-refractivity contribution >= 4 is 31.9 Å². The first-order chi connectivity index (χ1) is 8.40. The molecular formula is C10H6Br2F3N3. The molecule has 3 nitrogen and oxygen atoms in total. The van der Waals surface area contributed by atoms with Crippen molar-refractivity contribution in [2.75, 3.05) is 0 Å². The molecule has 96 valence electrons. The van der Waals surface area contributed by atoms with Crippen molar-refractivity contribution in [1.29, 1.82) is 0 Å². The van der Waals surface area contributed by atoms with Gasteiger partial charge in [-0.2, -0.15) is 13.2 Å². The topological polar surface area (TPSA) is 30.7 Å². The van der Waals surface area contributed by atoms with Gasteiger partial charge in [-0.15, -0.1) is 5.10 Å². The van der Waals surface area contributed by atoms with Crippen LogP contribution in [-0.2, 0) is 11.5 Å². The molecule has 1 heterocycles. The fourth-order valence-corrected chi connectivity index (χ4v) is 2.09. The first-order valence-corrected chi connectivity index (χ1v) is 6.67. The maximum absolute atomic E-state index is 12.7. The molecule has 0 bridgehead atoms. The van der Waals surface area contributed by atoms with Crippen LogP contribution in [0.5, 0.6) is 0 Å². The highest BCUT2D eigenvalue weighted by Crippen LogP contribution is 2.32. The third kappa shape index (κ3) is 2.92. The Morgan fingerprint density at radius 3 is 2.50 bits per heavy atom. The van der Waals surface area contributed by atoms with E-state index in [4.69, 9.17) is 0 Å². The van der Waals surface area contributed by atoms with Crippen molar-refractivity contribution in [2.24, 2.45) is 0 Å². The van der Waals surface area contributed by atoms with E-state index >= 15 is 0 Å². The summed E-state index contributed by atoms with van der Waals surface area (Å²) in [4.78, 5) is 0. The highest BCUT2D eigenvalue weighted by molar-refractivity contribution is 9.10. The Kier molecular flexibility index (Phi) is 3.76. The van der Waals surface area contributed by atoms with Gasteiger partial charge >= 0.3 is 6.18 Å².